The summed E-state index contributed by atoms with van der Waals surface area (Å²) in [4.78, 5) is 28.7. The number of likely N-dealkylation sites (tertiary alicyclic amines) is 1. The molecule has 0 bridgehead atoms. The minimum absolute atomic E-state index is 0.0687. The molecule has 5 heteroatoms. The SMILES string of the molecule is O=C(O)C1CC(=O)N(CCc2ccnc3ccccc23)C1. The Kier molecular flexibility index (Phi) is 3.56. The normalized spacial score (nSPS) is 18.4. The van der Waals surface area contributed by atoms with Crippen molar-refractivity contribution in [2.45, 2.75) is 12.8 Å². The van der Waals surface area contributed by atoms with Gasteiger partial charge in [0.1, 0.15) is 0 Å². The fraction of sp³-hybridized carbons (Fsp3) is 0.312. The van der Waals surface area contributed by atoms with Gasteiger partial charge in [-0.3, -0.25) is 14.6 Å². The number of carbonyl (C=O) groups excluding carboxylic acids is 1. The van der Waals surface area contributed by atoms with Crippen LogP contribution in [0.2, 0.25) is 0 Å². The Bertz CT molecular complexity index is 693. The topological polar surface area (TPSA) is 70.5 Å². The first kappa shape index (κ1) is 13.5. The van der Waals surface area contributed by atoms with Gasteiger partial charge in [0.2, 0.25) is 5.91 Å². The molecule has 0 saturated carbocycles. The molecule has 2 heterocycles. The van der Waals surface area contributed by atoms with E-state index in [1.165, 1.54) is 0 Å². The average Bonchev–Trinajstić information content (AvgIpc) is 2.86. The van der Waals surface area contributed by atoms with E-state index < -0.39 is 11.9 Å². The predicted molar refractivity (Wildman–Crippen MR) is 77.8 cm³/mol. The summed E-state index contributed by atoms with van der Waals surface area (Å²) in [5, 5.41) is 10.1. The lowest BCUT2D eigenvalue weighted by Gasteiger charge is -2.16. The monoisotopic (exact) mass is 284 g/mol. The lowest BCUT2D eigenvalue weighted by molar-refractivity contribution is -0.141. The highest BCUT2D eigenvalue weighted by molar-refractivity contribution is 5.86. The molecule has 1 aromatic heterocycles. The number of pyridine rings is 1. The minimum atomic E-state index is -0.889. The largest absolute Gasteiger partial charge is 0.481 e. The number of nitrogens with zero attached hydrogens (tertiary/aromatic N) is 2. The number of carbonyl (C=O) groups is 2. The standard InChI is InChI=1S/C16H16N2O3/c19-15-9-12(16(20)21)10-18(15)8-6-11-5-7-17-14-4-2-1-3-13(11)14/h1-5,7,12H,6,8-10H2,(H,20,21). The molecule has 1 saturated heterocycles. The van der Waals surface area contributed by atoms with Crippen LogP contribution >= 0.6 is 0 Å². The third-order valence-electron chi connectivity index (χ3n) is 3.95. The average molecular weight is 284 g/mol. The summed E-state index contributed by atoms with van der Waals surface area (Å²) in [6.07, 6.45) is 2.59. The molecule has 1 atom stereocenters. The number of benzene rings is 1. The maximum atomic E-state index is 11.8. The second-order valence-corrected chi connectivity index (χ2v) is 5.32. The van der Waals surface area contributed by atoms with Crippen LogP contribution in [0.4, 0.5) is 0 Å². The van der Waals surface area contributed by atoms with E-state index in [0.29, 0.717) is 19.5 Å². The molecule has 1 N–H and O–H groups in total. The van der Waals surface area contributed by atoms with Gasteiger partial charge in [0, 0.05) is 31.1 Å². The molecular formula is C16H16N2O3. The summed E-state index contributed by atoms with van der Waals surface area (Å²) in [7, 11) is 0. The summed E-state index contributed by atoms with van der Waals surface area (Å²) in [5.74, 6) is -1.52. The summed E-state index contributed by atoms with van der Waals surface area (Å²) in [6, 6.07) is 9.84. The van der Waals surface area contributed by atoms with Crippen LogP contribution in [-0.2, 0) is 16.0 Å². The fourth-order valence-corrected chi connectivity index (χ4v) is 2.78. The molecule has 0 spiro atoms. The number of aliphatic carboxylic acids is 1. The summed E-state index contributed by atoms with van der Waals surface area (Å²) < 4.78 is 0. The van der Waals surface area contributed by atoms with Crippen LogP contribution in [0.25, 0.3) is 10.9 Å². The van der Waals surface area contributed by atoms with Gasteiger partial charge in [-0.25, -0.2) is 0 Å². The highest BCUT2D eigenvalue weighted by Crippen LogP contribution is 2.20. The fourth-order valence-electron chi connectivity index (χ4n) is 2.78. The molecule has 108 valence electrons. The number of hydrogen-bond donors (Lipinski definition) is 1. The van der Waals surface area contributed by atoms with E-state index in [9.17, 15) is 9.59 Å². The van der Waals surface area contributed by atoms with Gasteiger partial charge >= 0.3 is 5.97 Å². The van der Waals surface area contributed by atoms with E-state index in [4.69, 9.17) is 5.11 Å². The number of para-hydroxylation sites is 1. The van der Waals surface area contributed by atoms with Gasteiger partial charge in [0.25, 0.3) is 0 Å². The maximum absolute atomic E-state index is 11.8. The summed E-state index contributed by atoms with van der Waals surface area (Å²) in [6.45, 7) is 0.869. The van der Waals surface area contributed by atoms with E-state index in [1.807, 2.05) is 30.3 Å². The van der Waals surface area contributed by atoms with Crippen molar-refractivity contribution in [3.05, 3.63) is 42.1 Å². The van der Waals surface area contributed by atoms with Gasteiger partial charge in [0.05, 0.1) is 11.4 Å². The molecule has 1 amide bonds. The Morgan fingerprint density at radius 2 is 2.14 bits per heavy atom. The molecule has 1 unspecified atom stereocenters. The lowest BCUT2D eigenvalue weighted by Crippen LogP contribution is -2.28. The van der Waals surface area contributed by atoms with E-state index in [0.717, 1.165) is 16.5 Å². The Morgan fingerprint density at radius 3 is 2.90 bits per heavy atom. The van der Waals surface area contributed by atoms with Crippen LogP contribution in [0.3, 0.4) is 0 Å². The van der Waals surface area contributed by atoms with E-state index in [-0.39, 0.29) is 12.3 Å². The second kappa shape index (κ2) is 5.52. The molecule has 1 aromatic carbocycles. The van der Waals surface area contributed by atoms with Crippen LogP contribution in [0.5, 0.6) is 0 Å². The number of hydrogen-bond acceptors (Lipinski definition) is 3. The van der Waals surface area contributed by atoms with Gasteiger partial charge < -0.3 is 10.0 Å². The number of carboxylic acid groups (broad SMARTS) is 1. The Hall–Kier alpha value is -2.43. The van der Waals surface area contributed by atoms with E-state index in [1.54, 1.807) is 11.1 Å². The molecule has 2 aromatic rings. The van der Waals surface area contributed by atoms with E-state index >= 15 is 0 Å². The summed E-state index contributed by atoms with van der Waals surface area (Å²) in [5.41, 5.74) is 2.07. The zero-order chi connectivity index (χ0) is 14.8. The van der Waals surface area contributed by atoms with Gasteiger partial charge in [-0.05, 0) is 24.1 Å². The van der Waals surface area contributed by atoms with Gasteiger partial charge in [-0.2, -0.15) is 0 Å². The molecule has 0 aliphatic carbocycles. The molecular weight excluding hydrogens is 268 g/mol. The van der Waals surface area contributed by atoms with Gasteiger partial charge in [-0.15, -0.1) is 0 Å². The van der Waals surface area contributed by atoms with E-state index in [2.05, 4.69) is 4.98 Å². The Labute approximate surface area is 122 Å². The number of amides is 1. The van der Waals surface area contributed by atoms with Crippen LogP contribution in [0.15, 0.2) is 36.5 Å². The van der Waals surface area contributed by atoms with Crippen molar-refractivity contribution < 1.29 is 14.7 Å². The van der Waals surface area contributed by atoms with Gasteiger partial charge in [-0.1, -0.05) is 18.2 Å². The summed E-state index contributed by atoms with van der Waals surface area (Å²) >= 11 is 0. The molecule has 0 radical (unpaired) electrons. The molecule has 3 rings (SSSR count). The highest BCUT2D eigenvalue weighted by Gasteiger charge is 2.33. The smallest absolute Gasteiger partial charge is 0.308 e. The van der Waals surface area contributed by atoms with Crippen molar-refractivity contribution in [2.24, 2.45) is 5.92 Å². The molecule has 21 heavy (non-hydrogen) atoms. The quantitative estimate of drug-likeness (QED) is 0.928. The highest BCUT2D eigenvalue weighted by atomic mass is 16.4. The van der Waals surface area contributed by atoms with Crippen LogP contribution in [0.1, 0.15) is 12.0 Å². The maximum Gasteiger partial charge on any atom is 0.308 e. The number of rotatable bonds is 4. The Balaban J connectivity index is 1.73. The lowest BCUT2D eigenvalue weighted by atomic mass is 10.1. The minimum Gasteiger partial charge on any atom is -0.481 e. The molecule has 1 fully saturated rings. The van der Waals surface area contributed by atoms with Crippen LogP contribution in [-0.4, -0.2) is 40.0 Å². The zero-order valence-electron chi connectivity index (χ0n) is 11.5. The molecule has 5 nitrogen and oxygen atoms in total. The molecule has 1 aliphatic heterocycles. The first-order valence-electron chi connectivity index (χ1n) is 6.98. The number of carboxylic acids is 1. The predicted octanol–water partition coefficient (Wildman–Crippen LogP) is 1.71. The zero-order valence-corrected chi connectivity index (χ0v) is 11.5. The number of aromatic nitrogens is 1. The van der Waals surface area contributed by atoms with Crippen molar-refractivity contribution >= 4 is 22.8 Å². The number of fused-ring (bicyclic) bond motifs is 1. The Morgan fingerprint density at radius 1 is 1.33 bits per heavy atom. The van der Waals surface area contributed by atoms with Crippen molar-refractivity contribution in [2.75, 3.05) is 13.1 Å². The second-order valence-electron chi connectivity index (χ2n) is 5.32. The van der Waals surface area contributed by atoms with Crippen molar-refractivity contribution in [1.29, 1.82) is 0 Å². The first-order chi connectivity index (χ1) is 10.1. The third kappa shape index (κ3) is 2.72. The molecule has 1 aliphatic rings. The van der Waals surface area contributed by atoms with Crippen LogP contribution < -0.4 is 0 Å². The van der Waals surface area contributed by atoms with Crippen molar-refractivity contribution in [3.63, 3.8) is 0 Å². The van der Waals surface area contributed by atoms with Crippen molar-refractivity contribution in [3.8, 4) is 0 Å². The van der Waals surface area contributed by atoms with Gasteiger partial charge in [0.15, 0.2) is 0 Å². The third-order valence-corrected chi connectivity index (χ3v) is 3.95. The van der Waals surface area contributed by atoms with Crippen molar-refractivity contribution in [1.82, 2.24) is 9.88 Å². The first-order valence-corrected chi connectivity index (χ1v) is 6.98. The van der Waals surface area contributed by atoms with Crippen LogP contribution in [0, 0.1) is 5.92 Å².